The van der Waals surface area contributed by atoms with Gasteiger partial charge in [-0.25, -0.2) is 8.42 Å². The Kier molecular flexibility index (Phi) is 4.81. The summed E-state index contributed by atoms with van der Waals surface area (Å²) in [6, 6.07) is 8.03. The minimum atomic E-state index is -3.24. The molecule has 148 valence electrons. The molecule has 4 rings (SSSR count). The summed E-state index contributed by atoms with van der Waals surface area (Å²) in [5.74, 6) is 0.637. The number of hydrogen-bond donors (Lipinski definition) is 0. The lowest BCUT2D eigenvalue weighted by molar-refractivity contribution is -0.129. The van der Waals surface area contributed by atoms with Crippen LogP contribution in [0, 0.1) is 18.8 Å². The maximum Gasteiger partial charge on any atom is 0.236 e. The van der Waals surface area contributed by atoms with Gasteiger partial charge < -0.3 is 4.90 Å². The fourth-order valence-electron chi connectivity index (χ4n) is 4.68. The third kappa shape index (κ3) is 3.41. The van der Waals surface area contributed by atoms with Gasteiger partial charge in [0, 0.05) is 33.7 Å². The number of carbonyl (C=O) groups is 1. The molecule has 2 aliphatic heterocycles. The summed E-state index contributed by atoms with van der Waals surface area (Å²) in [6.45, 7) is 4.63. The summed E-state index contributed by atoms with van der Waals surface area (Å²) in [5.41, 5.74) is 2.26. The van der Waals surface area contributed by atoms with E-state index in [1.165, 1.54) is 0 Å². The van der Waals surface area contributed by atoms with Crippen LogP contribution in [0.15, 0.2) is 24.3 Å². The van der Waals surface area contributed by atoms with Gasteiger partial charge in [0.05, 0.1) is 17.8 Å². The molecule has 3 fully saturated rings. The predicted octanol–water partition coefficient (Wildman–Crippen LogP) is 1.48. The van der Waals surface area contributed by atoms with Crippen molar-refractivity contribution < 1.29 is 13.2 Å². The largest absolute Gasteiger partial charge is 0.348 e. The Morgan fingerprint density at radius 1 is 1.15 bits per heavy atom. The van der Waals surface area contributed by atoms with Gasteiger partial charge in [0.1, 0.15) is 0 Å². The molecule has 1 saturated carbocycles. The standard InChI is InChI=1S/C20H29N3O3S/c1-14-6-4-5-7-17(14)20-18-12-22(13-19(24)21(2)3)10-15(18)11-23(20)27(25,26)16-8-9-16/h4-7,15-16,18,20H,8-13H2,1-3H3/t15-,18-,20+/m0/s1. The monoisotopic (exact) mass is 391 g/mol. The van der Waals surface area contributed by atoms with E-state index >= 15 is 0 Å². The van der Waals surface area contributed by atoms with Crippen LogP contribution in [-0.2, 0) is 14.8 Å². The molecule has 3 aliphatic rings. The zero-order valence-corrected chi connectivity index (χ0v) is 17.2. The Balaban J connectivity index is 1.63. The number of rotatable bonds is 5. The highest BCUT2D eigenvalue weighted by Crippen LogP contribution is 2.49. The van der Waals surface area contributed by atoms with E-state index in [2.05, 4.69) is 24.0 Å². The molecule has 0 radical (unpaired) electrons. The molecule has 2 heterocycles. The lowest BCUT2D eigenvalue weighted by Crippen LogP contribution is -2.40. The summed E-state index contributed by atoms with van der Waals surface area (Å²) in [4.78, 5) is 15.9. The summed E-state index contributed by atoms with van der Waals surface area (Å²) >= 11 is 0. The van der Waals surface area contributed by atoms with Crippen molar-refractivity contribution in [2.24, 2.45) is 11.8 Å². The topological polar surface area (TPSA) is 60.9 Å². The molecule has 0 N–H and O–H groups in total. The zero-order valence-electron chi connectivity index (χ0n) is 16.3. The highest BCUT2D eigenvalue weighted by molar-refractivity contribution is 7.90. The summed E-state index contributed by atoms with van der Waals surface area (Å²) in [6.07, 6.45) is 1.58. The van der Waals surface area contributed by atoms with Crippen LogP contribution in [0.1, 0.15) is 30.0 Å². The van der Waals surface area contributed by atoms with Gasteiger partial charge in [-0.1, -0.05) is 24.3 Å². The number of fused-ring (bicyclic) bond motifs is 1. The fourth-order valence-corrected chi connectivity index (χ4v) is 6.78. The Bertz CT molecular complexity index is 835. The Morgan fingerprint density at radius 2 is 1.85 bits per heavy atom. The third-order valence-electron chi connectivity index (χ3n) is 6.33. The van der Waals surface area contributed by atoms with Crippen molar-refractivity contribution >= 4 is 15.9 Å². The van der Waals surface area contributed by atoms with E-state index < -0.39 is 10.0 Å². The van der Waals surface area contributed by atoms with Crippen molar-refractivity contribution in [1.29, 1.82) is 0 Å². The van der Waals surface area contributed by atoms with E-state index in [9.17, 15) is 13.2 Å². The van der Waals surface area contributed by atoms with Crippen LogP contribution in [0.25, 0.3) is 0 Å². The van der Waals surface area contributed by atoms with Crippen LogP contribution in [0.3, 0.4) is 0 Å². The quantitative estimate of drug-likeness (QED) is 0.763. The number of nitrogens with zero attached hydrogens (tertiary/aromatic N) is 3. The molecule has 1 amide bonds. The summed E-state index contributed by atoms with van der Waals surface area (Å²) in [7, 11) is 0.318. The van der Waals surface area contributed by atoms with Gasteiger partial charge in [-0.3, -0.25) is 9.69 Å². The molecule has 0 unspecified atom stereocenters. The van der Waals surface area contributed by atoms with Crippen LogP contribution in [-0.4, -0.2) is 74.0 Å². The molecule has 0 aromatic heterocycles. The first-order valence-electron chi connectivity index (χ1n) is 9.77. The minimum absolute atomic E-state index is 0.102. The third-order valence-corrected chi connectivity index (χ3v) is 8.68. The highest BCUT2D eigenvalue weighted by atomic mass is 32.2. The zero-order chi connectivity index (χ0) is 19.3. The molecule has 2 saturated heterocycles. The Labute approximate surface area is 162 Å². The second-order valence-corrected chi connectivity index (χ2v) is 10.7. The molecule has 27 heavy (non-hydrogen) atoms. The number of benzene rings is 1. The van der Waals surface area contributed by atoms with Crippen molar-refractivity contribution in [3.05, 3.63) is 35.4 Å². The Morgan fingerprint density at radius 3 is 2.48 bits per heavy atom. The average Bonchev–Trinajstić information content (AvgIpc) is 3.31. The van der Waals surface area contributed by atoms with E-state index in [1.54, 1.807) is 23.3 Å². The number of carbonyl (C=O) groups excluding carboxylic acids is 1. The van der Waals surface area contributed by atoms with Crippen LogP contribution < -0.4 is 0 Å². The van der Waals surface area contributed by atoms with Gasteiger partial charge in [0.2, 0.25) is 15.9 Å². The maximum absolute atomic E-state index is 13.1. The summed E-state index contributed by atoms with van der Waals surface area (Å²) < 4.78 is 28.0. The molecule has 1 aliphatic carbocycles. The maximum atomic E-state index is 13.1. The van der Waals surface area contributed by atoms with E-state index in [-0.39, 0.29) is 29.0 Å². The van der Waals surface area contributed by atoms with Gasteiger partial charge in [0.15, 0.2) is 0 Å². The predicted molar refractivity (Wildman–Crippen MR) is 105 cm³/mol. The molecule has 1 aromatic carbocycles. The van der Waals surface area contributed by atoms with E-state index in [0.29, 0.717) is 13.1 Å². The van der Waals surface area contributed by atoms with Crippen LogP contribution >= 0.6 is 0 Å². The van der Waals surface area contributed by atoms with Crippen molar-refractivity contribution in [3.8, 4) is 0 Å². The number of likely N-dealkylation sites (tertiary alicyclic amines) is 1. The van der Waals surface area contributed by atoms with Crippen LogP contribution in [0.2, 0.25) is 0 Å². The summed E-state index contributed by atoms with van der Waals surface area (Å²) in [5, 5.41) is -0.186. The molecule has 0 bridgehead atoms. The van der Waals surface area contributed by atoms with Gasteiger partial charge in [-0.05, 0) is 42.7 Å². The minimum Gasteiger partial charge on any atom is -0.348 e. The van der Waals surface area contributed by atoms with E-state index in [0.717, 1.165) is 37.1 Å². The molecular weight excluding hydrogens is 362 g/mol. The Hall–Kier alpha value is -1.44. The van der Waals surface area contributed by atoms with Gasteiger partial charge in [-0.15, -0.1) is 0 Å². The number of likely N-dealkylation sites (N-methyl/N-ethyl adjacent to an activating group) is 1. The van der Waals surface area contributed by atoms with Gasteiger partial charge in [0.25, 0.3) is 0 Å². The molecular formula is C20H29N3O3S. The lowest BCUT2D eigenvalue weighted by Gasteiger charge is -2.30. The number of hydrogen-bond acceptors (Lipinski definition) is 4. The molecule has 7 heteroatoms. The first-order valence-corrected chi connectivity index (χ1v) is 11.3. The first kappa shape index (κ1) is 18.9. The van der Waals surface area contributed by atoms with Crippen LogP contribution in [0.4, 0.5) is 0 Å². The average molecular weight is 392 g/mol. The lowest BCUT2D eigenvalue weighted by atomic mass is 9.88. The van der Waals surface area contributed by atoms with E-state index in [1.807, 2.05) is 12.1 Å². The van der Waals surface area contributed by atoms with Crippen LogP contribution in [0.5, 0.6) is 0 Å². The SMILES string of the molecule is Cc1ccccc1[C@@H]1[C@H]2CN(CC(=O)N(C)C)C[C@H]2CN1S(=O)(=O)C1CC1. The van der Waals surface area contributed by atoms with Gasteiger partial charge >= 0.3 is 0 Å². The molecule has 3 atom stereocenters. The second kappa shape index (κ2) is 6.87. The van der Waals surface area contributed by atoms with Gasteiger partial charge in [-0.2, -0.15) is 4.31 Å². The van der Waals surface area contributed by atoms with Crippen molar-refractivity contribution in [2.45, 2.75) is 31.1 Å². The first-order chi connectivity index (χ1) is 12.8. The van der Waals surface area contributed by atoms with Crippen molar-refractivity contribution in [1.82, 2.24) is 14.1 Å². The van der Waals surface area contributed by atoms with E-state index in [4.69, 9.17) is 0 Å². The number of amides is 1. The molecule has 0 spiro atoms. The van der Waals surface area contributed by atoms with Crippen molar-refractivity contribution in [2.75, 3.05) is 40.3 Å². The van der Waals surface area contributed by atoms with Crippen molar-refractivity contribution in [3.63, 3.8) is 0 Å². The molecule has 1 aromatic rings. The molecule has 6 nitrogen and oxygen atoms in total. The number of sulfonamides is 1. The smallest absolute Gasteiger partial charge is 0.236 e. The highest BCUT2D eigenvalue weighted by Gasteiger charge is 2.54. The number of aryl methyl sites for hydroxylation is 1. The normalized spacial score (nSPS) is 29.1. The fraction of sp³-hybridized carbons (Fsp3) is 0.650. The second-order valence-electron chi connectivity index (χ2n) is 8.52.